The van der Waals surface area contributed by atoms with Crippen molar-refractivity contribution in [2.75, 3.05) is 6.61 Å². The van der Waals surface area contributed by atoms with E-state index in [2.05, 4.69) is 6.92 Å². The highest BCUT2D eigenvalue weighted by Crippen LogP contribution is 2.63. The van der Waals surface area contributed by atoms with Gasteiger partial charge in [-0.25, -0.2) is 0 Å². The number of ketones is 1. The van der Waals surface area contributed by atoms with Crippen molar-refractivity contribution in [3.8, 4) is 0 Å². The van der Waals surface area contributed by atoms with Crippen molar-refractivity contribution >= 4 is 17.7 Å². The summed E-state index contributed by atoms with van der Waals surface area (Å²) in [6.45, 7) is 12.1. The van der Waals surface area contributed by atoms with Crippen LogP contribution in [0.4, 0.5) is 0 Å². The molecule has 1 spiro atoms. The molecular formula is C34H54O8. The number of ether oxygens (including phenoxy) is 2. The van der Waals surface area contributed by atoms with Crippen LogP contribution in [0, 0.1) is 22.7 Å². The second-order valence-corrected chi connectivity index (χ2v) is 13.9. The Morgan fingerprint density at radius 1 is 0.976 bits per heavy atom. The molecule has 0 aliphatic heterocycles. The number of Topliss-reactive ketones (excluding diaryl/α,β-unsaturated/α-hetero) is 1. The molecular weight excluding hydrogens is 536 g/mol. The van der Waals surface area contributed by atoms with Crippen LogP contribution in [0.5, 0.6) is 0 Å². The van der Waals surface area contributed by atoms with Crippen LogP contribution in [0.25, 0.3) is 0 Å². The maximum atomic E-state index is 14.6. The van der Waals surface area contributed by atoms with Crippen LogP contribution < -0.4 is 0 Å². The summed E-state index contributed by atoms with van der Waals surface area (Å²) in [5.74, 6) is -2.76. The summed E-state index contributed by atoms with van der Waals surface area (Å²) in [6, 6.07) is 0. The summed E-state index contributed by atoms with van der Waals surface area (Å²) in [6.07, 6.45) is 10.8. The standard InChI is InChI=1S/C34H54O8/c1-8-9-10-11-12-13-14-15-16-17-27(36)42-32(7)20-23(3)33-19-22(2)28(37)34(33,40)29(38)25(21-41-24(4)35)18-26(30(33)39)31(32,5)6/h18-19,23,26,28-29,37-38,40H,8-17,20-21H2,1-7H3/t23-,26?,28?,29?,32-,33?,34?/m1/s1. The van der Waals surface area contributed by atoms with Gasteiger partial charge < -0.3 is 24.8 Å². The number of aliphatic hydroxyl groups is 3. The van der Waals surface area contributed by atoms with Crippen LogP contribution in [0.1, 0.15) is 119 Å². The van der Waals surface area contributed by atoms with Gasteiger partial charge in [-0.2, -0.15) is 0 Å². The van der Waals surface area contributed by atoms with E-state index >= 15 is 0 Å². The molecule has 3 rings (SSSR count). The first-order valence-electron chi connectivity index (χ1n) is 16.0. The van der Waals surface area contributed by atoms with Gasteiger partial charge >= 0.3 is 11.9 Å². The van der Waals surface area contributed by atoms with E-state index in [9.17, 15) is 29.7 Å². The summed E-state index contributed by atoms with van der Waals surface area (Å²) in [5, 5.41) is 35.0. The van der Waals surface area contributed by atoms with Gasteiger partial charge in [-0.1, -0.05) is 91.2 Å². The summed E-state index contributed by atoms with van der Waals surface area (Å²) >= 11 is 0. The van der Waals surface area contributed by atoms with E-state index in [0.29, 0.717) is 5.57 Å². The molecule has 1 saturated carbocycles. The number of carbonyl (C=O) groups excluding carboxylic acids is 3. The molecule has 238 valence electrons. The quantitative estimate of drug-likeness (QED) is 0.148. The van der Waals surface area contributed by atoms with Crippen LogP contribution in [-0.4, -0.2) is 63.1 Å². The van der Waals surface area contributed by atoms with Crippen molar-refractivity contribution in [1.82, 2.24) is 0 Å². The largest absolute Gasteiger partial charge is 0.461 e. The zero-order valence-electron chi connectivity index (χ0n) is 26.8. The lowest BCUT2D eigenvalue weighted by atomic mass is 9.59. The van der Waals surface area contributed by atoms with Crippen molar-refractivity contribution in [3.63, 3.8) is 0 Å². The van der Waals surface area contributed by atoms with Gasteiger partial charge in [0.05, 0.1) is 5.41 Å². The van der Waals surface area contributed by atoms with Crippen molar-refractivity contribution < 1.29 is 39.2 Å². The third-order valence-corrected chi connectivity index (χ3v) is 10.7. The Morgan fingerprint density at radius 2 is 1.55 bits per heavy atom. The van der Waals surface area contributed by atoms with Gasteiger partial charge in [-0.3, -0.25) is 14.4 Å². The predicted molar refractivity (Wildman–Crippen MR) is 160 cm³/mol. The minimum absolute atomic E-state index is 0.139. The minimum Gasteiger partial charge on any atom is -0.461 e. The molecule has 0 aromatic carbocycles. The first-order chi connectivity index (χ1) is 19.6. The van der Waals surface area contributed by atoms with E-state index in [1.54, 1.807) is 26.0 Å². The first-order valence-corrected chi connectivity index (χ1v) is 16.0. The smallest absolute Gasteiger partial charge is 0.306 e. The molecule has 0 heterocycles. The van der Waals surface area contributed by atoms with E-state index < -0.39 is 52.0 Å². The van der Waals surface area contributed by atoms with Crippen LogP contribution in [0.2, 0.25) is 0 Å². The Morgan fingerprint density at radius 3 is 2.12 bits per heavy atom. The zero-order chi connectivity index (χ0) is 31.5. The lowest BCUT2D eigenvalue weighted by Gasteiger charge is -2.48. The maximum absolute atomic E-state index is 14.6. The fourth-order valence-electron chi connectivity index (χ4n) is 7.71. The number of hydrogen-bond donors (Lipinski definition) is 3. The SMILES string of the molecule is CCCCCCCCCCCC(=O)O[C@]1(C)C[C@@H](C)C23C=C(C)C(O)C2(O)C(O)C(COC(C)=O)=CC(C3=O)C1(C)C. The van der Waals surface area contributed by atoms with Crippen LogP contribution in [0.3, 0.4) is 0 Å². The summed E-state index contributed by atoms with van der Waals surface area (Å²) < 4.78 is 11.5. The molecule has 7 atom stereocenters. The molecule has 1 fully saturated rings. The Balaban J connectivity index is 1.88. The number of aliphatic hydroxyl groups excluding tert-OH is 2. The van der Waals surface area contributed by atoms with E-state index in [4.69, 9.17) is 9.47 Å². The lowest BCUT2D eigenvalue weighted by Crippen LogP contribution is -2.65. The Bertz CT molecular complexity index is 1080. The van der Waals surface area contributed by atoms with Gasteiger partial charge in [0.25, 0.3) is 0 Å². The predicted octanol–water partition coefficient (Wildman–Crippen LogP) is 5.36. The van der Waals surface area contributed by atoms with E-state index in [1.165, 1.54) is 45.4 Å². The molecule has 3 aliphatic carbocycles. The molecule has 3 N–H and O–H groups in total. The molecule has 0 radical (unpaired) electrons. The molecule has 8 nitrogen and oxygen atoms in total. The molecule has 0 aromatic rings. The Hall–Kier alpha value is -2.03. The van der Waals surface area contributed by atoms with E-state index in [1.807, 2.05) is 20.8 Å². The third-order valence-electron chi connectivity index (χ3n) is 10.7. The fraction of sp³-hybridized carbons (Fsp3) is 0.794. The normalized spacial score (nSPS) is 35.4. The number of esters is 2. The summed E-state index contributed by atoms with van der Waals surface area (Å²) in [5.41, 5.74) is -5.47. The van der Waals surface area contributed by atoms with Crippen molar-refractivity contribution in [3.05, 3.63) is 23.3 Å². The maximum Gasteiger partial charge on any atom is 0.306 e. The number of allylic oxidation sites excluding steroid dienone is 1. The number of fused-ring (bicyclic) bond motifs is 1. The van der Waals surface area contributed by atoms with Gasteiger partial charge in [0.1, 0.15) is 30.0 Å². The molecule has 3 aliphatic rings. The van der Waals surface area contributed by atoms with Gasteiger partial charge in [-0.05, 0) is 43.8 Å². The Labute approximate surface area is 251 Å². The highest BCUT2D eigenvalue weighted by Gasteiger charge is 2.73. The summed E-state index contributed by atoms with van der Waals surface area (Å²) in [7, 11) is 0. The molecule has 8 heteroatoms. The third kappa shape index (κ3) is 6.00. The van der Waals surface area contributed by atoms with E-state index in [0.717, 1.165) is 19.3 Å². The van der Waals surface area contributed by atoms with Crippen molar-refractivity contribution in [1.29, 1.82) is 0 Å². The number of carbonyl (C=O) groups is 3. The highest BCUT2D eigenvalue weighted by molar-refractivity contribution is 5.95. The first kappa shape index (κ1) is 34.5. The van der Waals surface area contributed by atoms with Crippen LogP contribution >= 0.6 is 0 Å². The van der Waals surface area contributed by atoms with Crippen molar-refractivity contribution in [2.24, 2.45) is 22.7 Å². The average molecular weight is 591 g/mol. The lowest BCUT2D eigenvalue weighted by molar-refractivity contribution is -0.192. The second-order valence-electron chi connectivity index (χ2n) is 13.9. The van der Waals surface area contributed by atoms with Crippen molar-refractivity contribution in [2.45, 2.75) is 143 Å². The van der Waals surface area contributed by atoms with Gasteiger partial charge in [0, 0.05) is 24.7 Å². The fourth-order valence-corrected chi connectivity index (χ4v) is 7.71. The second kappa shape index (κ2) is 13.3. The monoisotopic (exact) mass is 590 g/mol. The molecule has 42 heavy (non-hydrogen) atoms. The molecule has 0 amide bonds. The number of hydrogen-bond acceptors (Lipinski definition) is 8. The zero-order valence-corrected chi connectivity index (χ0v) is 26.8. The summed E-state index contributed by atoms with van der Waals surface area (Å²) in [4.78, 5) is 39.5. The molecule has 0 aromatic heterocycles. The minimum atomic E-state index is -2.28. The molecule has 0 saturated heterocycles. The number of rotatable bonds is 13. The Kier molecular flexibility index (Phi) is 10.9. The molecule has 5 unspecified atom stereocenters. The molecule has 2 bridgehead atoms. The van der Waals surface area contributed by atoms with E-state index in [-0.39, 0.29) is 36.8 Å². The van der Waals surface area contributed by atoms with Gasteiger partial charge in [-0.15, -0.1) is 0 Å². The topological polar surface area (TPSA) is 130 Å². The van der Waals surface area contributed by atoms with Crippen LogP contribution in [-0.2, 0) is 23.9 Å². The van der Waals surface area contributed by atoms with Gasteiger partial charge in [0.2, 0.25) is 0 Å². The van der Waals surface area contributed by atoms with Gasteiger partial charge in [0.15, 0.2) is 5.78 Å². The van der Waals surface area contributed by atoms with Crippen LogP contribution in [0.15, 0.2) is 23.3 Å². The average Bonchev–Trinajstić information content (AvgIpc) is 3.06. The number of unbranched alkanes of at least 4 members (excludes halogenated alkanes) is 8. The highest BCUT2D eigenvalue weighted by atomic mass is 16.6.